The summed E-state index contributed by atoms with van der Waals surface area (Å²) in [6.45, 7) is 7.49. The maximum Gasteiger partial charge on any atom is 0.123 e. The predicted octanol–water partition coefficient (Wildman–Crippen LogP) is 3.84. The van der Waals surface area contributed by atoms with E-state index in [0.717, 1.165) is 31.7 Å². The number of rotatable bonds is 9. The van der Waals surface area contributed by atoms with Crippen molar-refractivity contribution < 1.29 is 4.74 Å². The van der Waals surface area contributed by atoms with Crippen LogP contribution in [0.4, 0.5) is 0 Å². The van der Waals surface area contributed by atoms with Crippen molar-refractivity contribution in [3.63, 3.8) is 0 Å². The van der Waals surface area contributed by atoms with Gasteiger partial charge < -0.3 is 10.1 Å². The molecule has 0 aliphatic rings. The average Bonchev–Trinajstić information content (AvgIpc) is 2.36. The van der Waals surface area contributed by atoms with E-state index >= 15 is 0 Å². The third-order valence-electron chi connectivity index (χ3n) is 2.89. The Labute approximate surface area is 111 Å². The molecule has 0 aromatic heterocycles. The standard InChI is InChI=1S/C16H25NO/c1-4-5-6-7-8-11-18-16-10-9-14(2)12-15(16)13-17-3/h4,9-10,12,17H,1,5-8,11,13H2,2-3H3. The van der Waals surface area contributed by atoms with E-state index in [1.807, 2.05) is 13.1 Å². The van der Waals surface area contributed by atoms with Crippen LogP contribution in [0, 0.1) is 6.92 Å². The van der Waals surface area contributed by atoms with Crippen LogP contribution in [0.1, 0.15) is 36.8 Å². The zero-order chi connectivity index (χ0) is 13.2. The lowest BCUT2D eigenvalue weighted by Crippen LogP contribution is -2.08. The van der Waals surface area contributed by atoms with Gasteiger partial charge in [0, 0.05) is 12.1 Å². The first-order valence-corrected chi connectivity index (χ1v) is 6.75. The fraction of sp³-hybridized carbons (Fsp3) is 0.500. The molecule has 1 N–H and O–H groups in total. The summed E-state index contributed by atoms with van der Waals surface area (Å²) in [5.74, 6) is 1.01. The molecule has 2 nitrogen and oxygen atoms in total. The van der Waals surface area contributed by atoms with Crippen molar-refractivity contribution in [2.75, 3.05) is 13.7 Å². The van der Waals surface area contributed by atoms with Crippen molar-refractivity contribution in [2.24, 2.45) is 0 Å². The molecule has 1 aromatic rings. The third-order valence-corrected chi connectivity index (χ3v) is 2.89. The molecule has 0 bridgehead atoms. The summed E-state index contributed by atoms with van der Waals surface area (Å²) in [6.07, 6.45) is 6.62. The van der Waals surface area contributed by atoms with Crippen molar-refractivity contribution in [1.82, 2.24) is 5.32 Å². The number of hydrogen-bond acceptors (Lipinski definition) is 2. The van der Waals surface area contributed by atoms with Gasteiger partial charge in [-0.1, -0.05) is 23.8 Å². The molecule has 0 aliphatic carbocycles. The maximum atomic E-state index is 5.86. The van der Waals surface area contributed by atoms with Crippen molar-refractivity contribution >= 4 is 0 Å². The molecule has 0 heterocycles. The van der Waals surface area contributed by atoms with Gasteiger partial charge in [-0.2, -0.15) is 0 Å². The van der Waals surface area contributed by atoms with Crippen molar-refractivity contribution in [3.05, 3.63) is 42.0 Å². The second-order valence-corrected chi connectivity index (χ2v) is 4.63. The first kappa shape index (κ1) is 14.8. The van der Waals surface area contributed by atoms with Crippen LogP contribution < -0.4 is 10.1 Å². The predicted molar refractivity (Wildman–Crippen MR) is 78.1 cm³/mol. The molecule has 2 heteroatoms. The van der Waals surface area contributed by atoms with E-state index in [2.05, 4.69) is 37.0 Å². The molecule has 0 radical (unpaired) electrons. The van der Waals surface area contributed by atoms with E-state index < -0.39 is 0 Å². The summed E-state index contributed by atoms with van der Waals surface area (Å²) >= 11 is 0. The topological polar surface area (TPSA) is 21.3 Å². The number of nitrogens with one attached hydrogen (secondary N) is 1. The highest BCUT2D eigenvalue weighted by molar-refractivity contribution is 5.36. The average molecular weight is 247 g/mol. The summed E-state index contributed by atoms with van der Waals surface area (Å²) in [6, 6.07) is 6.36. The van der Waals surface area contributed by atoms with Gasteiger partial charge in [0.15, 0.2) is 0 Å². The van der Waals surface area contributed by atoms with Crippen molar-refractivity contribution in [2.45, 2.75) is 39.2 Å². The fourth-order valence-corrected chi connectivity index (χ4v) is 1.93. The first-order valence-electron chi connectivity index (χ1n) is 6.75. The van der Waals surface area contributed by atoms with Gasteiger partial charge in [0.25, 0.3) is 0 Å². The van der Waals surface area contributed by atoms with Gasteiger partial charge in [-0.3, -0.25) is 0 Å². The molecule has 0 amide bonds. The van der Waals surface area contributed by atoms with E-state index in [4.69, 9.17) is 4.74 Å². The van der Waals surface area contributed by atoms with Gasteiger partial charge in [-0.05, 0) is 45.7 Å². The van der Waals surface area contributed by atoms with Crippen LogP contribution in [0.3, 0.4) is 0 Å². The summed E-state index contributed by atoms with van der Waals surface area (Å²) < 4.78 is 5.86. The smallest absolute Gasteiger partial charge is 0.123 e. The number of benzene rings is 1. The Kier molecular flexibility index (Phi) is 7.19. The van der Waals surface area contributed by atoms with Crippen molar-refractivity contribution in [1.29, 1.82) is 0 Å². The molecule has 0 unspecified atom stereocenters. The largest absolute Gasteiger partial charge is 0.493 e. The van der Waals surface area contributed by atoms with Crippen LogP contribution in [0.25, 0.3) is 0 Å². The summed E-state index contributed by atoms with van der Waals surface area (Å²) in [5.41, 5.74) is 2.52. The number of ether oxygens (including phenoxy) is 1. The Morgan fingerprint density at radius 1 is 1.28 bits per heavy atom. The van der Waals surface area contributed by atoms with Crippen LogP contribution in [0.15, 0.2) is 30.9 Å². The van der Waals surface area contributed by atoms with Gasteiger partial charge in [0.05, 0.1) is 6.61 Å². The van der Waals surface area contributed by atoms with E-state index in [1.165, 1.54) is 24.0 Å². The molecule has 0 saturated carbocycles. The number of aryl methyl sites for hydroxylation is 1. The Balaban J connectivity index is 2.38. The molecule has 0 saturated heterocycles. The Hall–Kier alpha value is -1.28. The molecule has 100 valence electrons. The van der Waals surface area contributed by atoms with E-state index in [9.17, 15) is 0 Å². The number of hydrogen-bond donors (Lipinski definition) is 1. The van der Waals surface area contributed by atoms with E-state index in [1.54, 1.807) is 0 Å². The molecule has 18 heavy (non-hydrogen) atoms. The minimum atomic E-state index is 0.802. The molecular formula is C16H25NO. The number of unbranched alkanes of at least 4 members (excludes halogenated alkanes) is 3. The van der Waals surface area contributed by atoms with Crippen LogP contribution in [-0.2, 0) is 6.54 Å². The Morgan fingerprint density at radius 2 is 2.11 bits per heavy atom. The normalized spacial score (nSPS) is 10.3. The summed E-state index contributed by atoms with van der Waals surface area (Å²) in [4.78, 5) is 0. The van der Waals surface area contributed by atoms with Crippen LogP contribution in [-0.4, -0.2) is 13.7 Å². The van der Waals surface area contributed by atoms with Crippen LogP contribution in [0.2, 0.25) is 0 Å². The van der Waals surface area contributed by atoms with Crippen LogP contribution in [0.5, 0.6) is 5.75 Å². The monoisotopic (exact) mass is 247 g/mol. The lowest BCUT2D eigenvalue weighted by molar-refractivity contribution is 0.302. The Bertz CT molecular complexity index is 360. The lowest BCUT2D eigenvalue weighted by atomic mass is 10.1. The molecule has 0 atom stereocenters. The summed E-state index contributed by atoms with van der Waals surface area (Å²) in [5, 5.41) is 3.18. The summed E-state index contributed by atoms with van der Waals surface area (Å²) in [7, 11) is 1.96. The molecule has 0 spiro atoms. The van der Waals surface area contributed by atoms with Crippen LogP contribution >= 0.6 is 0 Å². The van der Waals surface area contributed by atoms with Gasteiger partial charge in [0.1, 0.15) is 5.75 Å². The Morgan fingerprint density at radius 3 is 2.83 bits per heavy atom. The number of allylic oxidation sites excluding steroid dienone is 1. The lowest BCUT2D eigenvalue weighted by Gasteiger charge is -2.12. The van der Waals surface area contributed by atoms with Gasteiger partial charge >= 0.3 is 0 Å². The van der Waals surface area contributed by atoms with Gasteiger partial charge in [-0.15, -0.1) is 6.58 Å². The highest BCUT2D eigenvalue weighted by Crippen LogP contribution is 2.20. The van der Waals surface area contributed by atoms with Gasteiger partial charge in [0.2, 0.25) is 0 Å². The molecule has 0 aliphatic heterocycles. The quantitative estimate of drug-likeness (QED) is 0.529. The highest BCUT2D eigenvalue weighted by atomic mass is 16.5. The second kappa shape index (κ2) is 8.76. The minimum absolute atomic E-state index is 0.802. The molecule has 0 fully saturated rings. The fourth-order valence-electron chi connectivity index (χ4n) is 1.93. The highest BCUT2D eigenvalue weighted by Gasteiger charge is 2.03. The van der Waals surface area contributed by atoms with Gasteiger partial charge in [-0.25, -0.2) is 0 Å². The zero-order valence-electron chi connectivity index (χ0n) is 11.7. The van der Waals surface area contributed by atoms with E-state index in [-0.39, 0.29) is 0 Å². The van der Waals surface area contributed by atoms with Crippen molar-refractivity contribution in [3.8, 4) is 5.75 Å². The second-order valence-electron chi connectivity index (χ2n) is 4.63. The SMILES string of the molecule is C=CCCCCCOc1ccc(C)cc1CNC. The third kappa shape index (κ3) is 5.37. The first-order chi connectivity index (χ1) is 8.77. The maximum absolute atomic E-state index is 5.86. The zero-order valence-corrected chi connectivity index (χ0v) is 11.7. The minimum Gasteiger partial charge on any atom is -0.493 e. The molecule has 1 aromatic carbocycles. The van der Waals surface area contributed by atoms with E-state index in [0.29, 0.717) is 0 Å². The molecular weight excluding hydrogens is 222 g/mol. The molecule has 1 rings (SSSR count).